The molecule has 0 aliphatic carbocycles. The van der Waals surface area contributed by atoms with Crippen LogP contribution in [0.1, 0.15) is 45.4 Å². The summed E-state index contributed by atoms with van der Waals surface area (Å²) < 4.78 is 0. The van der Waals surface area contributed by atoms with Crippen molar-refractivity contribution >= 4 is 0 Å². The molecular formula is C11H26N2. The van der Waals surface area contributed by atoms with Gasteiger partial charge in [0, 0.05) is 13.1 Å². The predicted octanol–water partition coefficient (Wildman–Crippen LogP) is 2.24. The van der Waals surface area contributed by atoms with Gasteiger partial charge in [-0.1, -0.05) is 39.0 Å². The molecule has 0 aliphatic rings. The lowest BCUT2D eigenvalue weighted by Crippen LogP contribution is -2.26. The Morgan fingerprint density at radius 1 is 0.923 bits per heavy atom. The second-order valence-electron chi connectivity index (χ2n) is 3.86. The van der Waals surface area contributed by atoms with E-state index in [2.05, 4.69) is 18.9 Å². The third-order valence-electron chi connectivity index (χ3n) is 2.40. The third-order valence-corrected chi connectivity index (χ3v) is 2.40. The van der Waals surface area contributed by atoms with Gasteiger partial charge in [-0.25, -0.2) is 0 Å². The first-order valence-corrected chi connectivity index (χ1v) is 5.70. The van der Waals surface area contributed by atoms with E-state index in [1.165, 1.54) is 45.1 Å². The molecule has 0 aromatic carbocycles. The van der Waals surface area contributed by atoms with E-state index in [9.17, 15) is 0 Å². The summed E-state index contributed by atoms with van der Waals surface area (Å²) in [4.78, 5) is 2.32. The van der Waals surface area contributed by atoms with E-state index in [4.69, 9.17) is 5.73 Å². The maximum atomic E-state index is 5.46. The fourth-order valence-electron chi connectivity index (χ4n) is 1.49. The molecule has 2 N–H and O–H groups in total. The van der Waals surface area contributed by atoms with E-state index in [1.54, 1.807) is 0 Å². The molecule has 80 valence electrons. The number of rotatable bonds is 9. The summed E-state index contributed by atoms with van der Waals surface area (Å²) in [7, 11) is 2.15. The molecule has 13 heavy (non-hydrogen) atoms. The number of hydrogen-bond donors (Lipinski definition) is 1. The SMILES string of the molecule is CCCCCCCCN(C)CCN. The third kappa shape index (κ3) is 9.84. The van der Waals surface area contributed by atoms with Crippen molar-refractivity contribution in [3.8, 4) is 0 Å². The minimum absolute atomic E-state index is 0.784. The van der Waals surface area contributed by atoms with Crippen LogP contribution < -0.4 is 5.73 Å². The molecule has 0 radical (unpaired) electrons. The van der Waals surface area contributed by atoms with Gasteiger partial charge >= 0.3 is 0 Å². The molecule has 0 spiro atoms. The van der Waals surface area contributed by atoms with Crippen molar-refractivity contribution in [2.75, 3.05) is 26.7 Å². The molecule has 0 unspecified atom stereocenters. The minimum Gasteiger partial charge on any atom is -0.329 e. The summed E-state index contributed by atoms with van der Waals surface area (Å²) in [5, 5.41) is 0. The monoisotopic (exact) mass is 186 g/mol. The second-order valence-corrected chi connectivity index (χ2v) is 3.86. The van der Waals surface area contributed by atoms with Crippen LogP contribution in [0.3, 0.4) is 0 Å². The van der Waals surface area contributed by atoms with E-state index in [-0.39, 0.29) is 0 Å². The van der Waals surface area contributed by atoms with Gasteiger partial charge in [0.2, 0.25) is 0 Å². The number of unbranched alkanes of at least 4 members (excludes halogenated alkanes) is 5. The van der Waals surface area contributed by atoms with Gasteiger partial charge in [0.05, 0.1) is 0 Å². The van der Waals surface area contributed by atoms with Gasteiger partial charge in [-0.15, -0.1) is 0 Å². The standard InChI is InChI=1S/C11H26N2/c1-3-4-5-6-7-8-10-13(2)11-9-12/h3-12H2,1-2H3. The summed E-state index contributed by atoms with van der Waals surface area (Å²) in [5.41, 5.74) is 5.46. The fraction of sp³-hybridized carbons (Fsp3) is 1.00. The molecule has 0 fully saturated rings. The highest BCUT2D eigenvalue weighted by Gasteiger charge is 1.95. The average Bonchev–Trinajstić information content (AvgIpc) is 2.11. The molecule has 0 saturated heterocycles. The first-order chi connectivity index (χ1) is 6.31. The molecule has 0 rings (SSSR count). The van der Waals surface area contributed by atoms with Crippen molar-refractivity contribution in [1.82, 2.24) is 4.90 Å². The molecule has 2 heteroatoms. The van der Waals surface area contributed by atoms with Crippen LogP contribution in [0.25, 0.3) is 0 Å². The Labute approximate surface area is 83.5 Å². The number of nitrogens with zero attached hydrogens (tertiary/aromatic N) is 1. The smallest absolute Gasteiger partial charge is 0.0102 e. The van der Waals surface area contributed by atoms with Gasteiger partial charge in [0.25, 0.3) is 0 Å². The Hall–Kier alpha value is -0.0800. The maximum absolute atomic E-state index is 5.46. The molecule has 0 aromatic rings. The first-order valence-electron chi connectivity index (χ1n) is 5.70. The summed E-state index contributed by atoms with van der Waals surface area (Å²) >= 11 is 0. The van der Waals surface area contributed by atoms with Crippen LogP contribution in [0.4, 0.5) is 0 Å². The van der Waals surface area contributed by atoms with E-state index in [0.29, 0.717) is 0 Å². The number of hydrogen-bond acceptors (Lipinski definition) is 2. The van der Waals surface area contributed by atoms with Crippen molar-refractivity contribution < 1.29 is 0 Å². The van der Waals surface area contributed by atoms with Gasteiger partial charge in [-0.05, 0) is 20.0 Å². The zero-order valence-corrected chi connectivity index (χ0v) is 9.39. The number of nitrogens with two attached hydrogens (primary N) is 1. The molecule has 0 aromatic heterocycles. The first kappa shape index (κ1) is 12.9. The minimum atomic E-state index is 0.784. The zero-order valence-electron chi connectivity index (χ0n) is 9.39. The zero-order chi connectivity index (χ0) is 9.94. The van der Waals surface area contributed by atoms with Gasteiger partial charge in [0.15, 0.2) is 0 Å². The van der Waals surface area contributed by atoms with Crippen molar-refractivity contribution in [3.05, 3.63) is 0 Å². The summed E-state index contributed by atoms with van der Waals surface area (Å²) in [6.45, 7) is 5.29. The van der Waals surface area contributed by atoms with Crippen molar-refractivity contribution in [1.29, 1.82) is 0 Å². The van der Waals surface area contributed by atoms with Crippen LogP contribution in [-0.2, 0) is 0 Å². The molecular weight excluding hydrogens is 160 g/mol. The largest absolute Gasteiger partial charge is 0.329 e. The van der Waals surface area contributed by atoms with Crippen molar-refractivity contribution in [3.63, 3.8) is 0 Å². The lowest BCUT2D eigenvalue weighted by molar-refractivity contribution is 0.332. The van der Waals surface area contributed by atoms with Crippen LogP contribution in [-0.4, -0.2) is 31.6 Å². The Morgan fingerprint density at radius 3 is 2.15 bits per heavy atom. The summed E-state index contributed by atoms with van der Waals surface area (Å²) in [6, 6.07) is 0. The van der Waals surface area contributed by atoms with E-state index in [1.807, 2.05) is 0 Å². The van der Waals surface area contributed by atoms with Gasteiger partial charge in [-0.3, -0.25) is 0 Å². The Balaban J connectivity index is 2.97. The van der Waals surface area contributed by atoms with Gasteiger partial charge in [0.1, 0.15) is 0 Å². The average molecular weight is 186 g/mol. The van der Waals surface area contributed by atoms with Crippen LogP contribution in [0.15, 0.2) is 0 Å². The quantitative estimate of drug-likeness (QED) is 0.560. The topological polar surface area (TPSA) is 29.3 Å². The normalized spacial score (nSPS) is 11.1. The molecule has 2 nitrogen and oxygen atoms in total. The van der Waals surface area contributed by atoms with E-state index >= 15 is 0 Å². The van der Waals surface area contributed by atoms with Gasteiger partial charge < -0.3 is 10.6 Å². The highest BCUT2D eigenvalue weighted by Crippen LogP contribution is 2.05. The fourth-order valence-corrected chi connectivity index (χ4v) is 1.49. The molecule has 0 bridgehead atoms. The van der Waals surface area contributed by atoms with Crippen LogP contribution in [0, 0.1) is 0 Å². The predicted molar refractivity (Wildman–Crippen MR) is 59.9 cm³/mol. The van der Waals surface area contributed by atoms with E-state index < -0.39 is 0 Å². The lowest BCUT2D eigenvalue weighted by atomic mass is 10.1. The molecule has 0 atom stereocenters. The molecule has 0 amide bonds. The highest BCUT2D eigenvalue weighted by molar-refractivity contribution is 4.52. The van der Waals surface area contributed by atoms with Crippen LogP contribution in [0.2, 0.25) is 0 Å². The van der Waals surface area contributed by atoms with Crippen LogP contribution in [0.5, 0.6) is 0 Å². The van der Waals surface area contributed by atoms with Gasteiger partial charge in [-0.2, -0.15) is 0 Å². The maximum Gasteiger partial charge on any atom is 0.0102 e. The van der Waals surface area contributed by atoms with Crippen LogP contribution >= 0.6 is 0 Å². The van der Waals surface area contributed by atoms with E-state index in [0.717, 1.165) is 13.1 Å². The Morgan fingerprint density at radius 2 is 1.54 bits per heavy atom. The molecule has 0 aliphatic heterocycles. The Bertz CT molecular complexity index is 94.1. The second kappa shape index (κ2) is 10.0. The van der Waals surface area contributed by atoms with Crippen molar-refractivity contribution in [2.24, 2.45) is 5.73 Å². The molecule has 0 heterocycles. The summed E-state index contributed by atoms with van der Waals surface area (Å²) in [5.74, 6) is 0. The summed E-state index contributed by atoms with van der Waals surface area (Å²) in [6.07, 6.45) is 8.28. The van der Waals surface area contributed by atoms with Crippen molar-refractivity contribution in [2.45, 2.75) is 45.4 Å². The highest BCUT2D eigenvalue weighted by atomic mass is 15.1. The Kier molecular flexibility index (Phi) is 9.94. The number of likely N-dealkylation sites (N-methyl/N-ethyl adjacent to an activating group) is 1. The lowest BCUT2D eigenvalue weighted by Gasteiger charge is -2.14. The molecule has 0 saturated carbocycles.